The standard InChI is InChI=1S/C33H43ClN6O3/c1-31(2)28(32(3,4)29(31)43-25-6-5-21(16-35)26(34)15-25)38-27(42)22-17-36-30(37-18-22)40-19-33(20-40)11-7-23(8-12-33)39-13-9-24(41)10-14-39/h5-6,15,17-18,23-24,28-29,41H,7-14,19-20H2,1-4H3,(H,38,42). The van der Waals surface area contributed by atoms with E-state index in [-0.39, 0.29) is 35.0 Å². The summed E-state index contributed by atoms with van der Waals surface area (Å²) in [5.74, 6) is 1.10. The SMILES string of the molecule is CC1(C)C(NC(=O)c2cnc(N3CC4(CCC(N5CCC(O)CC5)CC4)C3)nc2)C(C)(C)C1Oc1ccc(C#N)c(Cl)c1. The van der Waals surface area contributed by atoms with Crippen molar-refractivity contribution in [1.82, 2.24) is 20.2 Å². The Kier molecular flexibility index (Phi) is 7.85. The van der Waals surface area contributed by atoms with Crippen molar-refractivity contribution in [3.05, 3.63) is 46.7 Å². The maximum atomic E-state index is 13.3. The zero-order chi connectivity index (χ0) is 30.6. The van der Waals surface area contributed by atoms with Crippen LogP contribution in [-0.2, 0) is 0 Å². The van der Waals surface area contributed by atoms with Gasteiger partial charge in [0.15, 0.2) is 0 Å². The molecule has 2 N–H and O–H groups in total. The summed E-state index contributed by atoms with van der Waals surface area (Å²) in [6.45, 7) is 12.3. The number of hydrogen-bond donors (Lipinski definition) is 2. The zero-order valence-electron chi connectivity index (χ0n) is 25.6. The predicted octanol–water partition coefficient (Wildman–Crippen LogP) is 4.82. The number of amides is 1. The van der Waals surface area contributed by atoms with E-state index in [1.165, 1.54) is 25.7 Å². The molecule has 2 aliphatic heterocycles. The lowest BCUT2D eigenvalue weighted by atomic mass is 9.49. The van der Waals surface area contributed by atoms with Crippen LogP contribution in [0.1, 0.15) is 82.1 Å². The third-order valence-electron chi connectivity index (χ3n) is 10.7. The Morgan fingerprint density at radius 2 is 1.70 bits per heavy atom. The first-order valence-corrected chi connectivity index (χ1v) is 16.0. The molecular formula is C33H43ClN6O3. The van der Waals surface area contributed by atoms with Gasteiger partial charge in [-0.1, -0.05) is 39.3 Å². The molecular weight excluding hydrogens is 564 g/mol. The van der Waals surface area contributed by atoms with E-state index in [1.807, 2.05) is 0 Å². The second-order valence-corrected chi connectivity index (χ2v) is 14.8. The number of aliphatic hydroxyl groups is 1. The smallest absolute Gasteiger partial charge is 0.254 e. The highest BCUT2D eigenvalue weighted by Gasteiger charge is 2.64. The molecule has 1 spiro atoms. The number of aromatic nitrogens is 2. The Morgan fingerprint density at radius 3 is 2.28 bits per heavy atom. The van der Waals surface area contributed by atoms with Crippen molar-refractivity contribution in [1.29, 1.82) is 5.26 Å². The average molecular weight is 607 g/mol. The van der Waals surface area contributed by atoms with E-state index < -0.39 is 0 Å². The fraction of sp³-hybridized carbons (Fsp3) is 0.636. The van der Waals surface area contributed by atoms with Gasteiger partial charge in [0, 0.05) is 73.0 Å². The van der Waals surface area contributed by atoms with E-state index in [0.29, 0.717) is 39.3 Å². The topological polar surface area (TPSA) is 115 Å². The van der Waals surface area contributed by atoms with Crippen LogP contribution in [0.3, 0.4) is 0 Å². The minimum absolute atomic E-state index is 0.116. The number of benzene rings is 1. The summed E-state index contributed by atoms with van der Waals surface area (Å²) in [4.78, 5) is 27.2. The summed E-state index contributed by atoms with van der Waals surface area (Å²) in [6.07, 6.45) is 9.70. The van der Waals surface area contributed by atoms with Crippen molar-refractivity contribution in [3.8, 4) is 11.8 Å². The van der Waals surface area contributed by atoms with E-state index in [4.69, 9.17) is 21.6 Å². The van der Waals surface area contributed by atoms with E-state index in [0.717, 1.165) is 39.0 Å². The number of aliphatic hydroxyl groups excluding tert-OH is 1. The molecule has 1 aromatic carbocycles. The van der Waals surface area contributed by atoms with Gasteiger partial charge in [0.1, 0.15) is 17.9 Å². The fourth-order valence-corrected chi connectivity index (χ4v) is 8.68. The van der Waals surface area contributed by atoms with Gasteiger partial charge in [0.2, 0.25) is 5.95 Å². The summed E-state index contributed by atoms with van der Waals surface area (Å²) < 4.78 is 6.34. The molecule has 0 unspecified atom stereocenters. The third kappa shape index (κ3) is 5.58. The summed E-state index contributed by atoms with van der Waals surface area (Å²) in [5.41, 5.74) is 0.516. The Labute approximate surface area is 259 Å². The molecule has 10 heteroatoms. The maximum absolute atomic E-state index is 13.3. The van der Waals surface area contributed by atoms with Gasteiger partial charge in [0.05, 0.1) is 22.3 Å². The molecule has 3 heterocycles. The van der Waals surface area contributed by atoms with Crippen LogP contribution in [-0.4, -0.2) is 76.4 Å². The summed E-state index contributed by atoms with van der Waals surface area (Å²) in [7, 11) is 0. The maximum Gasteiger partial charge on any atom is 0.254 e. The van der Waals surface area contributed by atoms with Gasteiger partial charge in [0.25, 0.3) is 5.91 Å². The van der Waals surface area contributed by atoms with Crippen LogP contribution < -0.4 is 15.0 Å². The van der Waals surface area contributed by atoms with Crippen molar-refractivity contribution in [2.24, 2.45) is 16.2 Å². The number of piperidine rings is 1. The Balaban J connectivity index is 1.01. The predicted molar refractivity (Wildman–Crippen MR) is 165 cm³/mol. The van der Waals surface area contributed by atoms with Crippen LogP contribution in [0.2, 0.25) is 5.02 Å². The minimum Gasteiger partial charge on any atom is -0.489 e. The molecule has 0 radical (unpaired) electrons. The van der Waals surface area contributed by atoms with Crippen LogP contribution in [0.25, 0.3) is 0 Å². The fourth-order valence-electron chi connectivity index (χ4n) is 8.46. The lowest BCUT2D eigenvalue weighted by Crippen LogP contribution is -2.74. The molecule has 2 aromatic rings. The van der Waals surface area contributed by atoms with Crippen molar-refractivity contribution >= 4 is 23.5 Å². The number of ether oxygens (including phenoxy) is 1. The van der Waals surface area contributed by atoms with E-state index in [9.17, 15) is 9.90 Å². The molecule has 9 nitrogen and oxygen atoms in total. The molecule has 0 bridgehead atoms. The molecule has 1 amide bonds. The summed E-state index contributed by atoms with van der Waals surface area (Å²) >= 11 is 6.22. The molecule has 6 rings (SSSR count). The van der Waals surface area contributed by atoms with Gasteiger partial charge in [-0.15, -0.1) is 0 Å². The van der Waals surface area contributed by atoms with E-state index in [2.05, 4.69) is 58.8 Å². The van der Waals surface area contributed by atoms with Crippen molar-refractivity contribution in [2.75, 3.05) is 31.1 Å². The number of nitriles is 1. The summed E-state index contributed by atoms with van der Waals surface area (Å²) in [6, 6.07) is 7.68. The van der Waals surface area contributed by atoms with Crippen molar-refractivity contribution in [2.45, 2.75) is 90.5 Å². The van der Waals surface area contributed by atoms with Gasteiger partial charge < -0.3 is 25.0 Å². The van der Waals surface area contributed by atoms with Gasteiger partial charge in [-0.3, -0.25) is 4.79 Å². The highest BCUT2D eigenvalue weighted by atomic mass is 35.5. The monoisotopic (exact) mass is 606 g/mol. The zero-order valence-corrected chi connectivity index (χ0v) is 26.4. The highest BCUT2D eigenvalue weighted by molar-refractivity contribution is 6.31. The number of likely N-dealkylation sites (tertiary alicyclic amines) is 1. The average Bonchev–Trinajstić information content (AvgIpc) is 2.98. The van der Waals surface area contributed by atoms with Crippen LogP contribution in [0.15, 0.2) is 30.6 Å². The lowest BCUT2D eigenvalue weighted by molar-refractivity contribution is -0.164. The summed E-state index contributed by atoms with van der Waals surface area (Å²) in [5, 5.41) is 22.6. The molecule has 43 heavy (non-hydrogen) atoms. The molecule has 2 aliphatic carbocycles. The van der Waals surface area contributed by atoms with E-state index >= 15 is 0 Å². The Bertz CT molecular complexity index is 1370. The van der Waals surface area contributed by atoms with Gasteiger partial charge in [-0.2, -0.15) is 5.26 Å². The largest absolute Gasteiger partial charge is 0.489 e. The second kappa shape index (κ2) is 11.2. The third-order valence-corrected chi connectivity index (χ3v) is 11.0. The lowest BCUT2D eigenvalue weighted by Gasteiger charge is -2.63. The Morgan fingerprint density at radius 1 is 1.07 bits per heavy atom. The molecule has 0 atom stereocenters. The first kappa shape index (κ1) is 30.1. The highest BCUT2D eigenvalue weighted by Crippen LogP contribution is 2.55. The number of hydrogen-bond acceptors (Lipinski definition) is 8. The number of halogens is 1. The normalized spacial score (nSPS) is 26.7. The molecule has 4 aliphatic rings. The van der Waals surface area contributed by atoms with Crippen molar-refractivity contribution in [3.63, 3.8) is 0 Å². The van der Waals surface area contributed by atoms with Gasteiger partial charge in [-0.25, -0.2) is 9.97 Å². The van der Waals surface area contributed by atoms with Gasteiger partial charge in [-0.05, 0) is 50.7 Å². The van der Waals surface area contributed by atoms with Crippen LogP contribution >= 0.6 is 11.6 Å². The van der Waals surface area contributed by atoms with E-state index in [1.54, 1.807) is 30.6 Å². The number of nitrogens with one attached hydrogen (secondary N) is 1. The number of anilines is 1. The molecule has 230 valence electrons. The minimum atomic E-state index is -0.347. The first-order chi connectivity index (χ1) is 20.4. The van der Waals surface area contributed by atoms with Crippen LogP contribution in [0.5, 0.6) is 5.75 Å². The number of carbonyl (C=O) groups is 1. The Hall–Kier alpha value is -2.93. The molecule has 2 saturated carbocycles. The number of carbonyl (C=O) groups excluding carboxylic acids is 1. The quantitative estimate of drug-likeness (QED) is 0.481. The number of nitrogens with zero attached hydrogens (tertiary/aromatic N) is 5. The van der Waals surface area contributed by atoms with Crippen LogP contribution in [0.4, 0.5) is 5.95 Å². The second-order valence-electron chi connectivity index (χ2n) is 14.4. The molecule has 1 aromatic heterocycles. The van der Waals surface area contributed by atoms with Crippen LogP contribution in [0, 0.1) is 27.6 Å². The first-order valence-electron chi connectivity index (χ1n) is 15.6. The van der Waals surface area contributed by atoms with Gasteiger partial charge >= 0.3 is 0 Å². The number of rotatable bonds is 6. The molecule has 2 saturated heterocycles. The molecule has 4 fully saturated rings. The van der Waals surface area contributed by atoms with Crippen molar-refractivity contribution < 1.29 is 14.6 Å².